The molecule has 2 unspecified atom stereocenters. The second kappa shape index (κ2) is 13.0. The van der Waals surface area contributed by atoms with E-state index in [-0.39, 0.29) is 34.7 Å². The second-order valence-electron chi connectivity index (χ2n) is 11.4. The van der Waals surface area contributed by atoms with Gasteiger partial charge in [-0.25, -0.2) is 0 Å². The topological polar surface area (TPSA) is 80.7 Å². The molecule has 0 amide bonds. The number of alkyl halides is 2. The van der Waals surface area contributed by atoms with Gasteiger partial charge >= 0.3 is 12.6 Å². The summed E-state index contributed by atoms with van der Waals surface area (Å²) in [5.41, 5.74) is -0.153. The van der Waals surface area contributed by atoms with Crippen LogP contribution in [0.2, 0.25) is 0 Å². The molecule has 3 aliphatic carbocycles. The number of hydrogen-bond acceptors (Lipinski definition) is 8. The van der Waals surface area contributed by atoms with Gasteiger partial charge in [0.15, 0.2) is 11.5 Å². The Morgan fingerprint density at radius 1 is 1.12 bits per heavy atom. The highest BCUT2D eigenvalue weighted by molar-refractivity contribution is 6.36. The zero-order valence-electron chi connectivity index (χ0n) is 24.3. The molecule has 5 rings (SSSR count). The fourth-order valence-corrected chi connectivity index (χ4v) is 6.12. The molecule has 0 saturated heterocycles. The Morgan fingerprint density at radius 2 is 1.79 bits per heavy atom. The summed E-state index contributed by atoms with van der Waals surface area (Å²) in [7, 11) is 3.72. The Hall–Kier alpha value is -2.95. The number of carbonyl (C=O) groups is 1. The van der Waals surface area contributed by atoms with Crippen LogP contribution in [0.1, 0.15) is 38.2 Å². The van der Waals surface area contributed by atoms with Crippen LogP contribution < -0.4 is 9.47 Å². The maximum Gasteiger partial charge on any atom is 0.387 e. The first-order chi connectivity index (χ1) is 20.5. The third-order valence-corrected chi connectivity index (χ3v) is 8.58. The number of allylic oxidation sites excluding steroid dienone is 3. The molecular weight excluding hydrogens is 605 g/mol. The van der Waals surface area contributed by atoms with Crippen LogP contribution >= 0.6 is 23.2 Å². The van der Waals surface area contributed by atoms with E-state index in [1.165, 1.54) is 12.3 Å². The van der Waals surface area contributed by atoms with Gasteiger partial charge in [0, 0.05) is 30.9 Å². The third kappa shape index (κ3) is 6.76. The highest BCUT2D eigenvalue weighted by atomic mass is 35.5. The normalized spacial score (nSPS) is 23.9. The predicted octanol–water partition coefficient (Wildman–Crippen LogP) is 6.54. The summed E-state index contributed by atoms with van der Waals surface area (Å²) in [5, 5.41) is 11.4. The van der Waals surface area contributed by atoms with Crippen LogP contribution in [0.3, 0.4) is 0 Å². The van der Waals surface area contributed by atoms with E-state index in [1.54, 1.807) is 31.2 Å². The summed E-state index contributed by atoms with van der Waals surface area (Å²) in [6, 6.07) is 4.46. The number of rotatable bonds is 13. The predicted molar refractivity (Wildman–Crippen MR) is 157 cm³/mol. The monoisotopic (exact) mass is 640 g/mol. The van der Waals surface area contributed by atoms with Gasteiger partial charge in [-0.1, -0.05) is 35.3 Å². The van der Waals surface area contributed by atoms with Crippen molar-refractivity contribution in [3.8, 4) is 11.5 Å². The smallest absolute Gasteiger partial charge is 0.387 e. The maximum absolute atomic E-state index is 14.3. The van der Waals surface area contributed by atoms with Crippen molar-refractivity contribution in [3.05, 3.63) is 69.2 Å². The molecule has 4 aliphatic rings. The van der Waals surface area contributed by atoms with Crippen LogP contribution in [0.4, 0.5) is 8.78 Å². The van der Waals surface area contributed by atoms with Crippen molar-refractivity contribution in [2.45, 2.75) is 44.6 Å². The molecule has 2 fully saturated rings. The number of esters is 1. The van der Waals surface area contributed by atoms with Gasteiger partial charge in [0.25, 0.3) is 0 Å². The number of halogens is 4. The van der Waals surface area contributed by atoms with Gasteiger partial charge in [0.2, 0.25) is 0 Å². The number of hydroxylamine groups is 2. The molecule has 12 heteroatoms. The summed E-state index contributed by atoms with van der Waals surface area (Å²) < 4.78 is 49.7. The molecule has 1 N–H and O–H groups in total. The van der Waals surface area contributed by atoms with E-state index in [9.17, 15) is 18.8 Å². The summed E-state index contributed by atoms with van der Waals surface area (Å²) in [4.78, 5) is 16.2. The van der Waals surface area contributed by atoms with Crippen LogP contribution in [0.5, 0.6) is 11.5 Å². The van der Waals surface area contributed by atoms with Crippen LogP contribution in [-0.4, -0.2) is 68.2 Å². The minimum atomic E-state index is -3.07. The molecular formula is C31H36Cl2F2N2O6. The maximum atomic E-state index is 14.3. The van der Waals surface area contributed by atoms with Crippen molar-refractivity contribution >= 4 is 29.2 Å². The second-order valence-corrected chi connectivity index (χ2v) is 12.3. The number of likely N-dealkylation sites (N-methyl/N-ethyl adjacent to an activating group) is 1. The third-order valence-electron chi connectivity index (χ3n) is 7.95. The zero-order chi connectivity index (χ0) is 30.9. The Kier molecular flexibility index (Phi) is 9.49. The van der Waals surface area contributed by atoms with Crippen molar-refractivity contribution in [2.75, 3.05) is 40.5 Å². The van der Waals surface area contributed by atoms with Gasteiger partial charge in [-0.05, 0) is 68.2 Å². The molecule has 43 heavy (non-hydrogen) atoms. The first kappa shape index (κ1) is 31.5. The molecule has 1 aliphatic heterocycles. The SMILES string of the molecule is CCOC(=O)C1(c2ccc(OC(F)F)c(OCC3CC3)c2)C=CC(N(C)C)=C(OCC2CC2)C1C1=C(Cl)CN(O)C=C1Cl. The van der Waals surface area contributed by atoms with Crippen molar-refractivity contribution in [3.63, 3.8) is 0 Å². The lowest BCUT2D eigenvalue weighted by molar-refractivity contribution is -0.150. The number of nitrogens with zero attached hydrogens (tertiary/aromatic N) is 2. The number of ether oxygens (including phenoxy) is 4. The van der Waals surface area contributed by atoms with E-state index in [1.807, 2.05) is 19.0 Å². The quantitative estimate of drug-likeness (QED) is 0.243. The van der Waals surface area contributed by atoms with E-state index >= 15 is 0 Å². The highest BCUT2D eigenvalue weighted by Gasteiger charge is 2.55. The van der Waals surface area contributed by atoms with Crippen molar-refractivity contribution < 1.29 is 37.7 Å². The van der Waals surface area contributed by atoms with E-state index in [0.29, 0.717) is 47.6 Å². The fraction of sp³-hybridized carbons (Fsp3) is 0.516. The Labute approximate surface area is 260 Å². The lowest BCUT2D eigenvalue weighted by Crippen LogP contribution is -2.48. The molecule has 234 valence electrons. The van der Waals surface area contributed by atoms with Crippen molar-refractivity contribution in [1.29, 1.82) is 0 Å². The van der Waals surface area contributed by atoms with Crippen molar-refractivity contribution in [2.24, 2.45) is 17.8 Å². The molecule has 2 saturated carbocycles. The Balaban J connectivity index is 1.74. The zero-order valence-corrected chi connectivity index (χ0v) is 25.8. The lowest BCUT2D eigenvalue weighted by Gasteiger charge is -2.44. The van der Waals surface area contributed by atoms with Gasteiger partial charge in [-0.15, -0.1) is 0 Å². The van der Waals surface area contributed by atoms with Gasteiger partial charge < -0.3 is 23.8 Å². The first-order valence-corrected chi connectivity index (χ1v) is 15.1. The van der Waals surface area contributed by atoms with Crippen LogP contribution in [0.25, 0.3) is 0 Å². The Morgan fingerprint density at radius 3 is 2.37 bits per heavy atom. The summed E-state index contributed by atoms with van der Waals surface area (Å²) in [5.74, 6) is -0.479. The molecule has 0 aromatic heterocycles. The average molecular weight is 642 g/mol. The molecule has 0 spiro atoms. The largest absolute Gasteiger partial charge is 0.495 e. The molecule has 2 atom stereocenters. The lowest BCUT2D eigenvalue weighted by atomic mass is 9.63. The van der Waals surface area contributed by atoms with Gasteiger partial charge in [0.05, 0.1) is 43.0 Å². The highest BCUT2D eigenvalue weighted by Crippen LogP contribution is 2.53. The summed E-state index contributed by atoms with van der Waals surface area (Å²) in [6.07, 6.45) is 8.87. The molecule has 1 heterocycles. The molecule has 1 aromatic carbocycles. The number of benzene rings is 1. The van der Waals surface area contributed by atoms with Crippen LogP contribution in [0.15, 0.2) is 63.6 Å². The molecule has 8 nitrogen and oxygen atoms in total. The fourth-order valence-electron chi connectivity index (χ4n) is 5.40. The van der Waals surface area contributed by atoms with E-state index in [2.05, 4.69) is 0 Å². The molecule has 1 aromatic rings. The number of hydrogen-bond donors (Lipinski definition) is 1. The average Bonchev–Trinajstić information content (AvgIpc) is 3.86. The minimum Gasteiger partial charge on any atom is -0.495 e. The summed E-state index contributed by atoms with van der Waals surface area (Å²) >= 11 is 13.6. The van der Waals surface area contributed by atoms with E-state index < -0.39 is 23.9 Å². The minimum absolute atomic E-state index is 0.0715. The van der Waals surface area contributed by atoms with Crippen molar-refractivity contribution in [1.82, 2.24) is 9.96 Å². The van der Waals surface area contributed by atoms with Crippen LogP contribution in [-0.2, 0) is 19.7 Å². The van der Waals surface area contributed by atoms with Gasteiger partial charge in [-0.2, -0.15) is 8.78 Å². The van der Waals surface area contributed by atoms with Gasteiger partial charge in [-0.3, -0.25) is 15.1 Å². The number of carbonyl (C=O) groups excluding carboxylic acids is 1. The standard InChI is InChI=1S/C31H36Cl2F2N2O6/c1-4-40-29(38)31(20-9-10-24(43-30(34)35)25(13-20)41-16-18-5-6-18)12-11-23(36(2)3)28(42-17-19-7-8-19)27(31)26-21(32)14-37(39)15-22(26)33/h9-14,18-19,27,30,39H,4-8,15-17H2,1-3H3. The molecule has 0 bridgehead atoms. The summed E-state index contributed by atoms with van der Waals surface area (Å²) in [6.45, 7) is -0.622. The molecule has 0 radical (unpaired) electrons. The first-order valence-electron chi connectivity index (χ1n) is 14.4. The van der Waals surface area contributed by atoms with Gasteiger partial charge in [0.1, 0.15) is 11.2 Å². The Bertz CT molecular complexity index is 1360. The van der Waals surface area contributed by atoms with E-state index in [0.717, 1.165) is 30.7 Å². The van der Waals surface area contributed by atoms with E-state index in [4.69, 9.17) is 42.1 Å². The van der Waals surface area contributed by atoms with Crippen LogP contribution in [0, 0.1) is 17.8 Å².